The summed E-state index contributed by atoms with van der Waals surface area (Å²) in [7, 11) is 5.19. The van der Waals surface area contributed by atoms with Gasteiger partial charge in [-0.3, -0.25) is 4.79 Å². The monoisotopic (exact) mass is 663 g/mol. The van der Waals surface area contributed by atoms with E-state index < -0.39 is 6.10 Å². The average molecular weight is 664 g/mol. The van der Waals surface area contributed by atoms with Crippen molar-refractivity contribution in [2.45, 2.75) is 75.2 Å². The Balaban J connectivity index is 1.27. The van der Waals surface area contributed by atoms with Crippen molar-refractivity contribution in [1.82, 2.24) is 5.32 Å². The van der Waals surface area contributed by atoms with E-state index in [1.165, 1.54) is 39.0 Å². The number of benzene rings is 3. The Hall–Kier alpha value is -3.21. The van der Waals surface area contributed by atoms with Gasteiger partial charge in [0.25, 0.3) is 0 Å². The van der Waals surface area contributed by atoms with E-state index in [0.717, 1.165) is 56.9 Å². The second-order valence-corrected chi connectivity index (χ2v) is 15.2. The molecule has 3 N–H and O–H groups in total. The van der Waals surface area contributed by atoms with E-state index in [2.05, 4.69) is 17.4 Å². The summed E-state index contributed by atoms with van der Waals surface area (Å²) in [6.07, 6.45) is 6.56. The predicted octanol–water partition coefficient (Wildman–Crippen LogP) is 7.39. The molecule has 0 radical (unpaired) electrons. The van der Waals surface area contributed by atoms with E-state index in [-0.39, 0.29) is 35.9 Å². The van der Waals surface area contributed by atoms with Crippen molar-refractivity contribution in [2.75, 3.05) is 32.6 Å². The number of rotatable bonds is 8. The lowest BCUT2D eigenvalue weighted by molar-refractivity contribution is -0.141. The summed E-state index contributed by atoms with van der Waals surface area (Å²) in [6.45, 7) is 2.76. The molecule has 2 aliphatic heterocycles. The molecule has 0 unspecified atom stereocenters. The highest BCUT2D eigenvalue weighted by molar-refractivity contribution is 8.76. The first-order chi connectivity index (χ1) is 22.4. The van der Waals surface area contributed by atoms with E-state index in [4.69, 9.17) is 18.9 Å². The van der Waals surface area contributed by atoms with Crippen LogP contribution < -0.4 is 19.5 Å². The average Bonchev–Trinajstić information content (AvgIpc) is 3.41. The standard InChI is InChI=1S/C36H41NO7S2/c1-20(38)43-17-29-26-8-9-27-33-21(13-25(39)15-32(33)41-2)12-23-19-46-45-18-22-14-30(40)31(16-28(22)35(29)44-36(26)34(23)27)42-11-10-37-24-6-4-3-5-7-24/h8-9,13-16,23-24,29,35,37,39-40H,3-7,10-12,17-19H2,1-2H3/t23-,29-,35-/m1/s1. The van der Waals surface area contributed by atoms with Gasteiger partial charge in [-0.1, -0.05) is 53.0 Å². The van der Waals surface area contributed by atoms with Crippen molar-refractivity contribution in [3.8, 4) is 39.9 Å². The summed E-state index contributed by atoms with van der Waals surface area (Å²) in [5.41, 5.74) is 7.11. The van der Waals surface area contributed by atoms with E-state index in [1.807, 2.05) is 18.2 Å². The van der Waals surface area contributed by atoms with Crippen LogP contribution in [-0.4, -0.2) is 54.8 Å². The molecule has 0 amide bonds. The number of nitrogens with one attached hydrogen (secondary N) is 1. The second-order valence-electron chi connectivity index (χ2n) is 12.7. The lowest BCUT2D eigenvalue weighted by Crippen LogP contribution is -2.34. The summed E-state index contributed by atoms with van der Waals surface area (Å²) in [5.74, 6) is 3.26. The first-order valence-corrected chi connectivity index (χ1v) is 18.7. The zero-order valence-corrected chi connectivity index (χ0v) is 27.9. The summed E-state index contributed by atoms with van der Waals surface area (Å²) in [4.78, 5) is 12.1. The predicted molar refractivity (Wildman–Crippen MR) is 182 cm³/mol. The fourth-order valence-electron chi connectivity index (χ4n) is 7.59. The zero-order valence-electron chi connectivity index (χ0n) is 26.3. The Bertz CT molecular complexity index is 1620. The Labute approximate surface area is 277 Å². The van der Waals surface area contributed by atoms with Gasteiger partial charge in [-0.15, -0.1) is 0 Å². The highest BCUT2D eigenvalue weighted by Crippen LogP contribution is 2.58. The van der Waals surface area contributed by atoms with Gasteiger partial charge in [0.15, 0.2) is 11.5 Å². The highest BCUT2D eigenvalue weighted by atomic mass is 33.1. The first-order valence-electron chi connectivity index (χ1n) is 16.2. The van der Waals surface area contributed by atoms with E-state index >= 15 is 0 Å². The van der Waals surface area contributed by atoms with Gasteiger partial charge < -0.3 is 34.5 Å². The Morgan fingerprint density at radius 2 is 1.87 bits per heavy atom. The number of phenols is 2. The Kier molecular flexibility index (Phi) is 9.21. The molecule has 4 aliphatic rings. The Morgan fingerprint density at radius 1 is 1.02 bits per heavy atom. The van der Waals surface area contributed by atoms with Crippen LogP contribution in [0, 0.1) is 0 Å². The lowest BCUT2D eigenvalue weighted by Gasteiger charge is -2.30. The maximum Gasteiger partial charge on any atom is 0.302 e. The molecule has 244 valence electrons. The van der Waals surface area contributed by atoms with Crippen molar-refractivity contribution in [2.24, 2.45) is 0 Å². The molecule has 3 atom stereocenters. The van der Waals surface area contributed by atoms with Gasteiger partial charge in [-0.05, 0) is 54.2 Å². The highest BCUT2D eigenvalue weighted by Gasteiger charge is 2.43. The SMILES string of the molecule is COc1cc(O)cc2c1-c1ccc3c4c1[C@@H](CSSCc1cc(O)c(OCCNC5CCCCC5)cc1[C@@H](O4)[C@@H]3COC(C)=O)C2. The molecule has 1 saturated carbocycles. The third kappa shape index (κ3) is 6.11. The molecule has 8 nitrogen and oxygen atoms in total. The van der Waals surface area contributed by atoms with Crippen molar-refractivity contribution in [3.63, 3.8) is 0 Å². The van der Waals surface area contributed by atoms with Gasteiger partial charge in [0.1, 0.15) is 36.6 Å². The molecule has 2 bridgehead atoms. The molecule has 0 spiro atoms. The number of aromatic hydroxyl groups is 2. The summed E-state index contributed by atoms with van der Waals surface area (Å²) >= 11 is 0. The molecule has 0 saturated heterocycles. The third-order valence-corrected chi connectivity index (χ3v) is 12.1. The van der Waals surface area contributed by atoms with Crippen LogP contribution in [0.4, 0.5) is 0 Å². The molecule has 1 fully saturated rings. The largest absolute Gasteiger partial charge is 0.508 e. The number of ether oxygens (including phenoxy) is 4. The maximum absolute atomic E-state index is 12.1. The number of phenolic OH excluding ortho intramolecular Hbond substituents is 2. The second kappa shape index (κ2) is 13.5. The molecule has 46 heavy (non-hydrogen) atoms. The van der Waals surface area contributed by atoms with Gasteiger partial charge in [0, 0.05) is 65.3 Å². The first kappa shape index (κ1) is 31.4. The van der Waals surface area contributed by atoms with Crippen LogP contribution >= 0.6 is 21.6 Å². The van der Waals surface area contributed by atoms with E-state index in [9.17, 15) is 15.0 Å². The maximum atomic E-state index is 12.1. The molecule has 2 aliphatic carbocycles. The van der Waals surface area contributed by atoms with Gasteiger partial charge in [0.05, 0.1) is 13.0 Å². The fraction of sp³-hybridized carbons (Fsp3) is 0.472. The van der Waals surface area contributed by atoms with Crippen LogP contribution in [0.15, 0.2) is 36.4 Å². The molecular weight excluding hydrogens is 623 g/mol. The zero-order chi connectivity index (χ0) is 31.8. The lowest BCUT2D eigenvalue weighted by atomic mass is 9.77. The summed E-state index contributed by atoms with van der Waals surface area (Å²) < 4.78 is 24.6. The molecule has 10 heteroatoms. The van der Waals surface area contributed by atoms with Crippen LogP contribution in [0.3, 0.4) is 0 Å². The van der Waals surface area contributed by atoms with Crippen molar-refractivity contribution in [3.05, 3.63) is 64.2 Å². The number of fused-ring (bicyclic) bond motifs is 5. The van der Waals surface area contributed by atoms with Crippen LogP contribution in [-0.2, 0) is 21.7 Å². The topological polar surface area (TPSA) is 106 Å². The van der Waals surface area contributed by atoms with Gasteiger partial charge in [0.2, 0.25) is 0 Å². The fourth-order valence-corrected chi connectivity index (χ4v) is 10.0. The van der Waals surface area contributed by atoms with Gasteiger partial charge >= 0.3 is 5.97 Å². The molecule has 3 aromatic carbocycles. The van der Waals surface area contributed by atoms with Crippen LogP contribution in [0.25, 0.3) is 11.1 Å². The van der Waals surface area contributed by atoms with Gasteiger partial charge in [-0.25, -0.2) is 0 Å². The van der Waals surface area contributed by atoms with Crippen molar-refractivity contribution >= 4 is 27.6 Å². The Morgan fingerprint density at radius 3 is 2.67 bits per heavy atom. The van der Waals surface area contributed by atoms with Crippen LogP contribution in [0.2, 0.25) is 0 Å². The molecular formula is C36H41NO7S2. The third-order valence-electron chi connectivity index (χ3n) is 9.73. The van der Waals surface area contributed by atoms with Crippen molar-refractivity contribution in [1.29, 1.82) is 0 Å². The normalized spacial score (nSPS) is 21.7. The summed E-state index contributed by atoms with van der Waals surface area (Å²) in [6, 6.07) is 12.0. The molecule has 7 rings (SSSR count). The molecule has 2 heterocycles. The van der Waals surface area contributed by atoms with Gasteiger partial charge in [-0.2, -0.15) is 0 Å². The number of hydrogen-bond acceptors (Lipinski definition) is 10. The molecule has 3 aromatic rings. The van der Waals surface area contributed by atoms with E-state index in [0.29, 0.717) is 36.4 Å². The number of methoxy groups -OCH3 is 1. The number of hydrogen-bond donors (Lipinski definition) is 3. The molecule has 0 aromatic heterocycles. The minimum absolute atomic E-state index is 0.116. The smallest absolute Gasteiger partial charge is 0.302 e. The number of carbonyl (C=O) groups is 1. The minimum atomic E-state index is -0.438. The number of carbonyl (C=O) groups excluding carboxylic acids is 1. The summed E-state index contributed by atoms with van der Waals surface area (Å²) in [5, 5.41) is 25.2. The van der Waals surface area contributed by atoms with E-state index in [1.54, 1.807) is 34.8 Å². The quantitative estimate of drug-likeness (QED) is 0.128. The number of esters is 1. The minimum Gasteiger partial charge on any atom is -0.508 e. The van der Waals surface area contributed by atoms with Crippen LogP contribution in [0.5, 0.6) is 28.7 Å². The van der Waals surface area contributed by atoms with Crippen LogP contribution in [0.1, 0.15) is 84.8 Å². The van der Waals surface area contributed by atoms with Crippen molar-refractivity contribution < 1.29 is 34.0 Å².